The Labute approximate surface area is 176 Å². The maximum atomic E-state index is 9.59. The fraction of sp³-hybridized carbons (Fsp3) is 0.632. The molecule has 0 amide bonds. The number of benzene rings is 1. The molecule has 27 heavy (non-hydrogen) atoms. The largest absolute Gasteiger partial charge is 0.508 e. The second-order valence-electron chi connectivity index (χ2n) is 5.70. The number of nitrogens with one attached hydrogen (secondary N) is 3. The number of phenolic OH excluding ortho intramolecular Hbond substituents is 1. The monoisotopic (exact) mass is 433 g/mol. The molecule has 0 aliphatic carbocycles. The van der Waals surface area contributed by atoms with E-state index in [0.29, 0.717) is 0 Å². The van der Waals surface area contributed by atoms with E-state index < -0.39 is 0 Å². The molecule has 1 saturated heterocycles. The summed E-state index contributed by atoms with van der Waals surface area (Å²) in [4.78, 5) is 9.59. The van der Waals surface area contributed by atoms with E-state index in [2.05, 4.69) is 20.7 Å². The third-order valence-electron chi connectivity index (χ3n) is 3.48. The van der Waals surface area contributed by atoms with Gasteiger partial charge in [-0.1, -0.05) is 0 Å². The van der Waals surface area contributed by atoms with Gasteiger partial charge < -0.3 is 30.5 Å². The average molecular weight is 435 g/mol. The minimum atomic E-state index is -0.245. The predicted octanol–water partition coefficient (Wildman–Crippen LogP) is 1.52. The second-order valence-corrected chi connectivity index (χ2v) is 5.70. The molecule has 1 aromatic carbocycles. The molecule has 2 rings (SSSR count). The maximum absolute atomic E-state index is 9.59. The van der Waals surface area contributed by atoms with Gasteiger partial charge in [0.2, 0.25) is 0 Å². The van der Waals surface area contributed by atoms with Crippen LogP contribution in [0.3, 0.4) is 0 Å². The number of carbonyl (C=O) groups is 1. The standard InChI is InChI=1S/C9H21N3.C7H8O2.C3H6O2.Zn/c1-4-10-6-2-8-12-9-3-7-11-5-1;1-9-7-4-2-6(8)3-5-7;1-3(4)5-2;/h10-12H,1-9H2;2-5,8H,1H3;1-2H3;. The fourth-order valence-electron chi connectivity index (χ4n) is 1.97. The van der Waals surface area contributed by atoms with Crippen molar-refractivity contribution in [3.05, 3.63) is 24.3 Å². The summed E-state index contributed by atoms with van der Waals surface area (Å²) >= 11 is 0. The summed E-state index contributed by atoms with van der Waals surface area (Å²) in [5.74, 6) is 0.772. The summed E-state index contributed by atoms with van der Waals surface area (Å²) in [5, 5.41) is 19.1. The summed E-state index contributed by atoms with van der Waals surface area (Å²) in [5.41, 5.74) is 0. The zero-order valence-corrected chi connectivity index (χ0v) is 20.0. The van der Waals surface area contributed by atoms with Crippen LogP contribution in [0.5, 0.6) is 11.5 Å². The van der Waals surface area contributed by atoms with E-state index in [1.807, 2.05) is 0 Å². The topological polar surface area (TPSA) is 91.8 Å². The van der Waals surface area contributed by atoms with Crippen molar-refractivity contribution in [2.75, 3.05) is 53.5 Å². The van der Waals surface area contributed by atoms with E-state index in [0.717, 1.165) is 45.0 Å². The molecule has 152 valence electrons. The first-order chi connectivity index (χ1) is 12.6. The quantitative estimate of drug-likeness (QED) is 0.393. The molecule has 0 saturated carbocycles. The molecule has 0 radical (unpaired) electrons. The van der Waals surface area contributed by atoms with Crippen LogP contribution >= 0.6 is 0 Å². The molecule has 1 heterocycles. The molecule has 1 fully saturated rings. The Balaban J connectivity index is 0. The number of esters is 1. The number of carbonyl (C=O) groups excluding carboxylic acids is 1. The molecular weight excluding hydrogens is 400 g/mol. The van der Waals surface area contributed by atoms with Crippen LogP contribution in [-0.4, -0.2) is 64.6 Å². The Bertz CT molecular complexity index is 404. The van der Waals surface area contributed by atoms with Gasteiger partial charge in [0.1, 0.15) is 11.5 Å². The first-order valence-electron chi connectivity index (χ1n) is 9.10. The van der Waals surface area contributed by atoms with Crippen molar-refractivity contribution in [1.29, 1.82) is 0 Å². The number of aromatic hydroxyl groups is 1. The van der Waals surface area contributed by atoms with Gasteiger partial charge >= 0.3 is 5.97 Å². The van der Waals surface area contributed by atoms with Gasteiger partial charge in [-0.15, -0.1) is 0 Å². The molecular formula is C19H35N3O4Zn. The Morgan fingerprint density at radius 1 is 0.852 bits per heavy atom. The van der Waals surface area contributed by atoms with Crippen LogP contribution < -0.4 is 20.7 Å². The third-order valence-corrected chi connectivity index (χ3v) is 3.48. The van der Waals surface area contributed by atoms with Crippen molar-refractivity contribution < 1.29 is 38.9 Å². The SMILES string of the molecule is C1CNCCCNCCCNC1.COC(C)=O.COc1ccc(O)cc1.[Zn]. The van der Waals surface area contributed by atoms with Gasteiger partial charge in [0.25, 0.3) is 0 Å². The second kappa shape index (κ2) is 21.1. The van der Waals surface area contributed by atoms with Crippen molar-refractivity contribution in [2.45, 2.75) is 26.2 Å². The zero-order valence-electron chi connectivity index (χ0n) is 17.1. The van der Waals surface area contributed by atoms with Crippen LogP contribution in [0.4, 0.5) is 0 Å². The summed E-state index contributed by atoms with van der Waals surface area (Å²) in [6.07, 6.45) is 3.77. The van der Waals surface area contributed by atoms with E-state index in [4.69, 9.17) is 9.84 Å². The average Bonchev–Trinajstić information content (AvgIpc) is 2.64. The Morgan fingerprint density at radius 2 is 1.19 bits per heavy atom. The minimum Gasteiger partial charge on any atom is -0.508 e. The van der Waals surface area contributed by atoms with Crippen LogP contribution in [0.2, 0.25) is 0 Å². The van der Waals surface area contributed by atoms with E-state index in [1.165, 1.54) is 33.3 Å². The molecule has 0 aromatic heterocycles. The van der Waals surface area contributed by atoms with Crippen molar-refractivity contribution in [3.8, 4) is 11.5 Å². The van der Waals surface area contributed by atoms with Crippen molar-refractivity contribution in [3.63, 3.8) is 0 Å². The van der Waals surface area contributed by atoms with Crippen LogP contribution in [0, 0.1) is 0 Å². The minimum absolute atomic E-state index is 0. The van der Waals surface area contributed by atoms with Gasteiger partial charge in [0.15, 0.2) is 0 Å². The Kier molecular flexibility index (Phi) is 21.9. The maximum Gasteiger partial charge on any atom is 0.302 e. The first-order valence-corrected chi connectivity index (χ1v) is 9.10. The van der Waals surface area contributed by atoms with Crippen LogP contribution in [-0.2, 0) is 29.0 Å². The van der Waals surface area contributed by atoms with Gasteiger partial charge in [-0.05, 0) is 82.8 Å². The number of methoxy groups -OCH3 is 2. The van der Waals surface area contributed by atoms with Crippen molar-refractivity contribution in [1.82, 2.24) is 16.0 Å². The van der Waals surface area contributed by atoms with Gasteiger partial charge in [-0.3, -0.25) is 4.79 Å². The Hall–Kier alpha value is -1.21. The van der Waals surface area contributed by atoms with E-state index in [-0.39, 0.29) is 31.2 Å². The van der Waals surface area contributed by atoms with Gasteiger partial charge in [0, 0.05) is 26.4 Å². The van der Waals surface area contributed by atoms with Crippen LogP contribution in [0.25, 0.3) is 0 Å². The normalized spacial score (nSPS) is 14.9. The van der Waals surface area contributed by atoms with E-state index >= 15 is 0 Å². The molecule has 7 nitrogen and oxygen atoms in total. The molecule has 4 N–H and O–H groups in total. The van der Waals surface area contributed by atoms with Gasteiger partial charge in [0.05, 0.1) is 14.2 Å². The number of rotatable bonds is 1. The summed E-state index contributed by atoms with van der Waals surface area (Å²) in [6, 6.07) is 6.57. The summed E-state index contributed by atoms with van der Waals surface area (Å²) in [7, 11) is 2.94. The van der Waals surface area contributed by atoms with E-state index in [9.17, 15) is 4.79 Å². The molecule has 0 bridgehead atoms. The fourth-order valence-corrected chi connectivity index (χ4v) is 1.97. The number of hydrogen-bond acceptors (Lipinski definition) is 7. The Morgan fingerprint density at radius 3 is 1.44 bits per heavy atom. The third kappa shape index (κ3) is 21.0. The van der Waals surface area contributed by atoms with Crippen LogP contribution in [0.15, 0.2) is 24.3 Å². The number of ether oxygens (including phenoxy) is 2. The molecule has 8 heteroatoms. The van der Waals surface area contributed by atoms with Crippen molar-refractivity contribution >= 4 is 5.97 Å². The molecule has 1 aliphatic rings. The zero-order chi connectivity index (χ0) is 19.5. The first kappa shape index (κ1) is 28.0. The summed E-state index contributed by atoms with van der Waals surface area (Å²) in [6.45, 7) is 8.32. The molecule has 1 aromatic rings. The molecule has 1 aliphatic heterocycles. The van der Waals surface area contributed by atoms with Crippen molar-refractivity contribution in [2.24, 2.45) is 0 Å². The van der Waals surface area contributed by atoms with Crippen LogP contribution in [0.1, 0.15) is 26.2 Å². The number of phenols is 1. The summed E-state index contributed by atoms with van der Waals surface area (Å²) < 4.78 is 8.97. The predicted molar refractivity (Wildman–Crippen MR) is 105 cm³/mol. The van der Waals surface area contributed by atoms with Gasteiger partial charge in [-0.2, -0.15) is 0 Å². The smallest absolute Gasteiger partial charge is 0.302 e. The van der Waals surface area contributed by atoms with E-state index in [1.54, 1.807) is 31.4 Å². The molecule has 0 spiro atoms. The number of hydrogen-bond donors (Lipinski definition) is 4. The molecule has 0 atom stereocenters. The molecule has 0 unspecified atom stereocenters. The van der Waals surface area contributed by atoms with Gasteiger partial charge in [-0.25, -0.2) is 0 Å².